The average molecular weight is 1760 g/mol. The molecule has 2 fully saturated rings. The monoisotopic (exact) mass is 1760 g/mol. The normalized spacial score (nSPS) is 26.6. The lowest BCUT2D eigenvalue weighted by atomic mass is 9.85. The molecule has 11 bridgehead atoms. The topological polar surface area (TPSA) is 583 Å². The zero-order valence-corrected chi connectivity index (χ0v) is 69.8. The van der Waals surface area contributed by atoms with E-state index in [9.17, 15) is 80.1 Å². The Hall–Kier alpha value is -9.91. The van der Waals surface area contributed by atoms with Crippen LogP contribution in [0.25, 0.3) is 11.1 Å². The number of aliphatic carboxylic acids is 2. The molecule has 19 atom stereocenters. The van der Waals surface area contributed by atoms with Crippen molar-refractivity contribution in [2.75, 3.05) is 31.7 Å². The summed E-state index contributed by atoms with van der Waals surface area (Å²) in [5.41, 5.74) is 1.29. The number of phenolic OH excluding ortho intramolecular Hbond substituents is 3. The number of benzene rings is 5. The minimum absolute atomic E-state index is 0.116. The van der Waals surface area contributed by atoms with E-state index in [1.165, 1.54) is 51.3 Å². The van der Waals surface area contributed by atoms with E-state index in [-0.39, 0.29) is 40.7 Å². The summed E-state index contributed by atoms with van der Waals surface area (Å²) < 4.78 is 39.5. The molecule has 37 nitrogen and oxygen atoms in total. The fraction of sp³-hybridized carbons (Fsp3) is 0.512. The number of halogens is 2. The number of thioether (sulfide) groups is 1. The van der Waals surface area contributed by atoms with Crippen LogP contribution in [0.5, 0.6) is 46.0 Å². The molecule has 12 rings (SSSR count). The third-order valence-corrected chi connectivity index (χ3v) is 23.3. The van der Waals surface area contributed by atoms with Gasteiger partial charge in [-0.15, -0.1) is 0 Å². The van der Waals surface area contributed by atoms with Crippen LogP contribution in [0, 0.1) is 5.92 Å². The summed E-state index contributed by atoms with van der Waals surface area (Å²) in [5, 5.41) is 148. The molecule has 122 heavy (non-hydrogen) atoms. The number of ether oxygens (including phenoxy) is 6. The molecule has 5 aromatic rings. The van der Waals surface area contributed by atoms with Crippen LogP contribution in [-0.4, -0.2) is 232 Å². The Kier molecular flexibility index (Phi) is 32.5. The molecule has 0 unspecified atom stereocenters. The van der Waals surface area contributed by atoms with Crippen molar-refractivity contribution in [3.63, 3.8) is 0 Å². The van der Waals surface area contributed by atoms with Crippen LogP contribution in [0.2, 0.25) is 10.0 Å². The summed E-state index contributed by atoms with van der Waals surface area (Å²) in [6, 6.07) is -3.84. The number of aliphatic hydroxyl groups excluding tert-OH is 6. The highest BCUT2D eigenvalue weighted by Gasteiger charge is 2.52. The van der Waals surface area contributed by atoms with E-state index in [0.29, 0.717) is 18.4 Å². The number of hydrogen-bond acceptors (Lipinski definition) is 28. The lowest BCUT2D eigenvalue weighted by Gasteiger charge is -2.48. The number of carboxylic acid groups (broad SMARTS) is 2. The van der Waals surface area contributed by atoms with Crippen LogP contribution in [0.4, 0.5) is 0 Å². The summed E-state index contributed by atoms with van der Waals surface area (Å²) in [6.07, 6.45) is -10.6. The van der Waals surface area contributed by atoms with Gasteiger partial charge in [0.05, 0.1) is 47.7 Å². The van der Waals surface area contributed by atoms with Gasteiger partial charge in [-0.25, -0.2) is 4.79 Å². The highest BCUT2D eigenvalue weighted by Crippen LogP contribution is 2.50. The molecule has 664 valence electrons. The number of hydrogen-bond donors (Lipinski definition) is 21. The summed E-state index contributed by atoms with van der Waals surface area (Å²) in [6.45, 7) is 8.59. The van der Waals surface area contributed by atoms with Crippen LogP contribution < -0.4 is 67.8 Å². The second-order valence-corrected chi connectivity index (χ2v) is 33.3. The number of nitrogens with one attached hydrogen (secondary N) is 9. The number of nitrogens with two attached hydrogens (primary N) is 1. The van der Waals surface area contributed by atoms with Gasteiger partial charge >= 0.3 is 11.9 Å². The summed E-state index contributed by atoms with van der Waals surface area (Å²) in [7, 11) is 1.47. The Labute approximate surface area is 715 Å². The van der Waals surface area contributed by atoms with Gasteiger partial charge in [0, 0.05) is 41.5 Å². The molecule has 0 saturated carbocycles. The molecular weight excluding hydrogens is 1660 g/mol. The molecule has 7 heterocycles. The van der Waals surface area contributed by atoms with Crippen LogP contribution in [0.3, 0.4) is 0 Å². The standard InChI is InChI=1S/C82H104Cl2N10O27S/c1-7-8-9-10-11-12-13-14-22-122-23-21-87-82(5)34-59(116-37(4)72(82)106)120-71-69(105)68(104)56(35-95)119-81(71)121-70-54-28-41-29-55(70)118-53-20-17-40(27-46(53)84)67(103)65-79(113)92-63(77(111)89-49(80(114)115)33-58(100)101)44-30-42(96)31-51(98)60(44)43-25-38(15-18-50(43)97)61(75(109)94-65)91-76(110)62(41)90-74(108)48(32-57(85)99)88-78(112)64(93-73(107)47(86-6)24-36(2)3)66(102)39-16-19-52(117-54)45(83)26-39/h15-20,25-31,36-37,47-49,56,59,61-69,71-72,81,86-87,95-98,102-106H,7-14,21-24,32-35H2,1-6H3,(H2,85,99)(H,88,112)(H,89,111)(H,90,108)(H,91,110)(H,92,113)(H,93,107)(H,94,109)(H,100,101)(H,114,115)/t37-,47+,48-,49-,56+,59-,61+,62+,63+,64+,65-,66+,67+,68+,69-,71+,72+,81-,82-/m0/s1. The number of rotatable bonds is 30. The van der Waals surface area contributed by atoms with E-state index in [4.69, 9.17) is 57.4 Å². The predicted molar refractivity (Wildman–Crippen MR) is 437 cm³/mol. The maximum atomic E-state index is 16.3. The molecule has 5 aromatic carbocycles. The largest absolute Gasteiger partial charge is 0.508 e. The maximum absolute atomic E-state index is 16.3. The fourth-order valence-electron chi connectivity index (χ4n) is 15.1. The number of amides is 8. The van der Waals surface area contributed by atoms with Crippen LogP contribution in [0.15, 0.2) is 78.9 Å². The van der Waals surface area contributed by atoms with Crippen molar-refractivity contribution in [3.05, 3.63) is 117 Å². The Balaban J connectivity index is 1.17. The second kappa shape index (κ2) is 42.0. The predicted octanol–water partition coefficient (Wildman–Crippen LogP) is 3.57. The Morgan fingerprint density at radius 3 is 1.90 bits per heavy atom. The molecule has 0 radical (unpaired) electrons. The highest BCUT2D eigenvalue weighted by molar-refractivity contribution is 7.99. The first-order valence-corrected chi connectivity index (χ1v) is 41.9. The van der Waals surface area contributed by atoms with Gasteiger partial charge in [-0.1, -0.05) is 107 Å². The molecule has 0 aromatic heterocycles. The first-order valence-electron chi connectivity index (χ1n) is 39.9. The Morgan fingerprint density at radius 1 is 0.680 bits per heavy atom. The van der Waals surface area contributed by atoms with Gasteiger partial charge in [-0.05, 0) is 128 Å². The molecule has 0 aliphatic carbocycles. The molecular formula is C82H104Cl2N10O27S. The SMILES string of the molecule is CCCCCCCCCCSCCN[C@@]1(C)C[C@H](O[C@H]2[C@H](Oc3c4cc5cc3Oc3ccc(cc3Cl)[C@@H](O)[C@@H](NC(=O)[C@@H](CC(C)C)NC)C(=O)N[C@@H](CC(N)=O)C(=O)N[C@H]5C(=O)N[C@H]3C(=O)N[C@H](C(=O)N[C@@H](C(=O)N[C@@H](CC(=O)O)C(=O)O)c5cc(O)cc(O)c5-c5cc3ccc5O)[C@H](O)c3ccc(c(Cl)c3)O4)O[C@H](CO)[C@@H](O)[C@@H]2O)O[C@@H](C)[C@H]1O. The van der Waals surface area contributed by atoms with E-state index in [1.807, 2.05) is 19.2 Å². The first-order chi connectivity index (χ1) is 57.9. The molecule has 0 spiro atoms. The third-order valence-electron chi connectivity index (χ3n) is 21.7. The number of unbranched alkanes of at least 4 members (excludes halogenated alkanes) is 7. The number of primary amides is 1. The smallest absolute Gasteiger partial charge is 0.326 e. The Morgan fingerprint density at radius 2 is 1.30 bits per heavy atom. The number of fused-ring (bicyclic) bond motifs is 15. The van der Waals surface area contributed by atoms with E-state index < -0.39 is 267 Å². The van der Waals surface area contributed by atoms with E-state index in [0.717, 1.165) is 85.7 Å². The second-order valence-electron chi connectivity index (χ2n) is 31.3. The minimum Gasteiger partial charge on any atom is -0.508 e. The maximum Gasteiger partial charge on any atom is 0.326 e. The number of phenols is 3. The molecule has 8 amide bonds. The number of carboxylic acids is 2. The van der Waals surface area contributed by atoms with E-state index in [1.54, 1.807) is 25.6 Å². The van der Waals surface area contributed by atoms with Gasteiger partial charge in [0.2, 0.25) is 59.3 Å². The lowest BCUT2D eigenvalue weighted by Crippen LogP contribution is -2.65. The van der Waals surface area contributed by atoms with Crippen molar-refractivity contribution in [1.82, 2.24) is 47.9 Å². The van der Waals surface area contributed by atoms with Gasteiger partial charge in [0.15, 0.2) is 23.9 Å². The van der Waals surface area contributed by atoms with Gasteiger partial charge in [0.1, 0.15) is 102 Å². The van der Waals surface area contributed by atoms with Crippen LogP contribution in [0.1, 0.15) is 170 Å². The van der Waals surface area contributed by atoms with Gasteiger partial charge in [0.25, 0.3) is 0 Å². The van der Waals surface area contributed by atoms with Crippen molar-refractivity contribution in [3.8, 4) is 57.1 Å². The lowest BCUT2D eigenvalue weighted by molar-refractivity contribution is -0.334. The number of aliphatic hydroxyl groups is 6. The zero-order valence-electron chi connectivity index (χ0n) is 67.5. The minimum atomic E-state index is -2.44. The van der Waals surface area contributed by atoms with Crippen molar-refractivity contribution in [2.45, 2.75) is 227 Å². The zero-order chi connectivity index (χ0) is 88.9. The highest BCUT2D eigenvalue weighted by atomic mass is 35.5. The van der Waals surface area contributed by atoms with Crippen molar-refractivity contribution >= 4 is 94.2 Å². The average Bonchev–Trinajstić information content (AvgIpc) is 0.759. The number of carbonyl (C=O) groups is 10. The quantitative estimate of drug-likeness (QED) is 0.0292. The van der Waals surface area contributed by atoms with Gasteiger partial charge in [-0.3, -0.25) is 43.2 Å². The van der Waals surface area contributed by atoms with Gasteiger partial charge in [-0.2, -0.15) is 11.8 Å². The van der Waals surface area contributed by atoms with Crippen molar-refractivity contribution in [2.24, 2.45) is 11.7 Å². The van der Waals surface area contributed by atoms with Crippen LogP contribution >= 0.6 is 35.0 Å². The summed E-state index contributed by atoms with van der Waals surface area (Å²) in [5.74, 6) is -18.5. The number of aromatic hydroxyl groups is 3. The molecule has 7 aliphatic rings. The van der Waals surface area contributed by atoms with E-state index >= 15 is 24.0 Å². The van der Waals surface area contributed by atoms with E-state index in [2.05, 4.69) is 49.5 Å². The summed E-state index contributed by atoms with van der Waals surface area (Å²) >= 11 is 16.1. The molecule has 40 heteroatoms. The molecule has 7 aliphatic heterocycles. The third kappa shape index (κ3) is 22.9. The van der Waals surface area contributed by atoms with Gasteiger partial charge < -0.3 is 138 Å². The summed E-state index contributed by atoms with van der Waals surface area (Å²) in [4.78, 5) is 145. The number of carbonyl (C=O) groups excluding carboxylic acids is 8. The molecule has 22 N–H and O–H groups in total. The Bertz CT molecular complexity index is 4670. The number of likely N-dealkylation sites (N-methyl/N-ethyl adjacent to an activating group) is 1. The van der Waals surface area contributed by atoms with Crippen molar-refractivity contribution < 1.29 is 133 Å². The first kappa shape index (κ1) is 94.3. The molecule has 2 saturated heterocycles. The van der Waals surface area contributed by atoms with Crippen LogP contribution in [-0.2, 0) is 62.2 Å². The van der Waals surface area contributed by atoms with Crippen molar-refractivity contribution in [1.29, 1.82) is 0 Å². The fourth-order valence-corrected chi connectivity index (χ4v) is 16.4.